The molecule has 0 unspecified atom stereocenters. The Morgan fingerprint density at radius 3 is 2.68 bits per heavy atom. The summed E-state index contributed by atoms with van der Waals surface area (Å²) in [7, 11) is 0. The average Bonchev–Trinajstić information content (AvgIpc) is 2.78. The van der Waals surface area contributed by atoms with Gasteiger partial charge in [-0.15, -0.1) is 0 Å². The third-order valence-electron chi connectivity index (χ3n) is 3.17. The Labute approximate surface area is 112 Å². The second-order valence-corrected chi connectivity index (χ2v) is 4.95. The number of aryl methyl sites for hydroxylation is 1. The van der Waals surface area contributed by atoms with Gasteiger partial charge in [-0.3, -0.25) is 9.13 Å². The average molecular weight is 260 g/mol. The van der Waals surface area contributed by atoms with Gasteiger partial charge in [0.05, 0.1) is 5.69 Å². The zero-order chi connectivity index (χ0) is 13.8. The van der Waals surface area contributed by atoms with Crippen LogP contribution in [0.5, 0.6) is 0 Å². The summed E-state index contributed by atoms with van der Waals surface area (Å²) in [6, 6.07) is 8.05. The Kier molecular flexibility index (Phi) is 4.22. The van der Waals surface area contributed by atoms with E-state index in [2.05, 4.69) is 0 Å². The molecule has 0 saturated carbocycles. The predicted octanol–water partition coefficient (Wildman–Crippen LogP) is 2.14. The third kappa shape index (κ3) is 2.96. The molecule has 0 saturated heterocycles. The molecule has 0 aliphatic rings. The summed E-state index contributed by atoms with van der Waals surface area (Å²) in [4.78, 5) is 12.2. The van der Waals surface area contributed by atoms with Gasteiger partial charge >= 0.3 is 5.69 Å². The first-order valence-electron chi connectivity index (χ1n) is 6.63. The lowest BCUT2D eigenvalue weighted by Gasteiger charge is -2.06. The van der Waals surface area contributed by atoms with Crippen molar-refractivity contribution in [2.45, 2.75) is 32.7 Å². The molecule has 0 bridgehead atoms. The van der Waals surface area contributed by atoms with E-state index in [0.29, 0.717) is 0 Å². The smallest absolute Gasteiger partial charge is 0.332 e. The Hall–Kier alpha value is -1.81. The van der Waals surface area contributed by atoms with E-state index in [-0.39, 0.29) is 18.3 Å². The lowest BCUT2D eigenvalue weighted by atomic mass is 10.1. The van der Waals surface area contributed by atoms with Gasteiger partial charge in [0.1, 0.15) is 0 Å². The van der Waals surface area contributed by atoms with Crippen LogP contribution in [0.3, 0.4) is 0 Å². The molecule has 0 aliphatic heterocycles. The fourth-order valence-corrected chi connectivity index (χ4v) is 2.12. The number of benzene rings is 1. The van der Waals surface area contributed by atoms with Gasteiger partial charge < -0.3 is 5.11 Å². The SMILES string of the molecule is CC(C)n1ccn(-c2cccc(CCCO)c2)c1=O. The molecule has 0 amide bonds. The Morgan fingerprint density at radius 2 is 2.05 bits per heavy atom. The van der Waals surface area contributed by atoms with Crippen LogP contribution in [0, 0.1) is 0 Å². The third-order valence-corrected chi connectivity index (χ3v) is 3.17. The van der Waals surface area contributed by atoms with Crippen LogP contribution in [0.1, 0.15) is 31.9 Å². The molecule has 0 spiro atoms. The number of imidazole rings is 1. The molecule has 4 heteroatoms. The van der Waals surface area contributed by atoms with Crippen molar-refractivity contribution in [2.24, 2.45) is 0 Å². The van der Waals surface area contributed by atoms with Crippen LogP contribution in [0.15, 0.2) is 41.5 Å². The Morgan fingerprint density at radius 1 is 1.26 bits per heavy atom. The van der Waals surface area contributed by atoms with Crippen molar-refractivity contribution in [2.75, 3.05) is 6.61 Å². The minimum absolute atomic E-state index is 0.0192. The van der Waals surface area contributed by atoms with Crippen LogP contribution < -0.4 is 5.69 Å². The highest BCUT2D eigenvalue weighted by Gasteiger charge is 2.07. The molecule has 1 N–H and O–H groups in total. The normalized spacial score (nSPS) is 11.2. The highest BCUT2D eigenvalue weighted by molar-refractivity contribution is 5.36. The first kappa shape index (κ1) is 13.6. The van der Waals surface area contributed by atoms with Crippen molar-refractivity contribution >= 4 is 0 Å². The summed E-state index contributed by atoms with van der Waals surface area (Å²) in [5.41, 5.74) is 1.99. The van der Waals surface area contributed by atoms with Crippen molar-refractivity contribution in [1.29, 1.82) is 0 Å². The number of aromatic nitrogens is 2. The Balaban J connectivity index is 2.34. The monoisotopic (exact) mass is 260 g/mol. The van der Waals surface area contributed by atoms with Gasteiger partial charge in [-0.2, -0.15) is 0 Å². The van der Waals surface area contributed by atoms with E-state index in [1.54, 1.807) is 15.3 Å². The molecule has 2 aromatic rings. The lowest BCUT2D eigenvalue weighted by molar-refractivity contribution is 0.288. The van der Waals surface area contributed by atoms with Crippen LogP contribution >= 0.6 is 0 Å². The molecule has 1 aromatic heterocycles. The van der Waals surface area contributed by atoms with Crippen LogP contribution in [-0.4, -0.2) is 20.8 Å². The van der Waals surface area contributed by atoms with Crippen molar-refractivity contribution in [1.82, 2.24) is 9.13 Å². The standard InChI is InChI=1S/C15H20N2O2/c1-12(2)16-8-9-17(15(16)19)14-7-3-5-13(11-14)6-4-10-18/h3,5,7-9,11-12,18H,4,6,10H2,1-2H3. The van der Waals surface area contributed by atoms with E-state index in [1.165, 1.54) is 0 Å². The highest BCUT2D eigenvalue weighted by atomic mass is 16.2. The minimum Gasteiger partial charge on any atom is -0.396 e. The zero-order valence-corrected chi connectivity index (χ0v) is 11.4. The topological polar surface area (TPSA) is 47.2 Å². The van der Waals surface area contributed by atoms with Gasteiger partial charge in [0.25, 0.3) is 0 Å². The maximum Gasteiger partial charge on any atom is 0.332 e. The van der Waals surface area contributed by atoms with E-state index in [4.69, 9.17) is 5.11 Å². The highest BCUT2D eigenvalue weighted by Crippen LogP contribution is 2.11. The molecule has 0 fully saturated rings. The van der Waals surface area contributed by atoms with Gasteiger partial charge in [0.2, 0.25) is 0 Å². The molecule has 1 aromatic carbocycles. The van der Waals surface area contributed by atoms with Gasteiger partial charge in [0, 0.05) is 25.0 Å². The van der Waals surface area contributed by atoms with E-state index < -0.39 is 0 Å². The quantitative estimate of drug-likeness (QED) is 0.895. The molecule has 1 heterocycles. The number of hydrogen-bond donors (Lipinski definition) is 1. The Bertz CT molecular complexity index is 596. The fourth-order valence-electron chi connectivity index (χ4n) is 2.12. The van der Waals surface area contributed by atoms with Gasteiger partial charge in [-0.1, -0.05) is 12.1 Å². The molecule has 4 nitrogen and oxygen atoms in total. The number of hydrogen-bond acceptors (Lipinski definition) is 2. The van der Waals surface area contributed by atoms with Crippen LogP contribution in [0.25, 0.3) is 5.69 Å². The zero-order valence-electron chi connectivity index (χ0n) is 11.4. The summed E-state index contributed by atoms with van der Waals surface area (Å²) < 4.78 is 3.36. The molecule has 102 valence electrons. The van der Waals surface area contributed by atoms with E-state index in [9.17, 15) is 4.79 Å². The summed E-state index contributed by atoms with van der Waals surface area (Å²) in [5.74, 6) is 0. The van der Waals surface area contributed by atoms with E-state index in [1.807, 2.05) is 44.3 Å². The first-order valence-corrected chi connectivity index (χ1v) is 6.63. The molecular formula is C15H20N2O2. The van der Waals surface area contributed by atoms with E-state index in [0.717, 1.165) is 24.1 Å². The molecule has 19 heavy (non-hydrogen) atoms. The van der Waals surface area contributed by atoms with Crippen molar-refractivity contribution < 1.29 is 5.11 Å². The summed E-state index contributed by atoms with van der Waals surface area (Å²) >= 11 is 0. The molecule has 2 rings (SSSR count). The predicted molar refractivity (Wildman–Crippen MR) is 75.8 cm³/mol. The fraction of sp³-hybridized carbons (Fsp3) is 0.400. The lowest BCUT2D eigenvalue weighted by Crippen LogP contribution is -2.24. The first-order chi connectivity index (χ1) is 9.13. The van der Waals surface area contributed by atoms with Crippen LogP contribution in [-0.2, 0) is 6.42 Å². The molecule has 0 atom stereocenters. The second-order valence-electron chi connectivity index (χ2n) is 4.95. The van der Waals surface area contributed by atoms with Gasteiger partial charge in [-0.05, 0) is 44.4 Å². The number of aliphatic hydroxyl groups is 1. The number of rotatable bonds is 5. The van der Waals surface area contributed by atoms with Gasteiger partial charge in [0.15, 0.2) is 0 Å². The van der Waals surface area contributed by atoms with Crippen molar-refractivity contribution in [3.8, 4) is 5.69 Å². The van der Waals surface area contributed by atoms with E-state index >= 15 is 0 Å². The molecule has 0 aliphatic carbocycles. The molecule has 0 radical (unpaired) electrons. The van der Waals surface area contributed by atoms with Crippen molar-refractivity contribution in [3.05, 3.63) is 52.7 Å². The largest absolute Gasteiger partial charge is 0.396 e. The summed E-state index contributed by atoms with van der Waals surface area (Å²) in [6.45, 7) is 4.17. The van der Waals surface area contributed by atoms with Gasteiger partial charge in [-0.25, -0.2) is 4.79 Å². The summed E-state index contributed by atoms with van der Waals surface area (Å²) in [5, 5.41) is 8.86. The minimum atomic E-state index is -0.0192. The maximum absolute atomic E-state index is 12.2. The maximum atomic E-state index is 12.2. The number of aliphatic hydroxyl groups excluding tert-OH is 1. The second kappa shape index (κ2) is 5.89. The molecular weight excluding hydrogens is 240 g/mol. The van der Waals surface area contributed by atoms with Crippen molar-refractivity contribution in [3.63, 3.8) is 0 Å². The number of nitrogens with zero attached hydrogens (tertiary/aromatic N) is 2. The summed E-state index contributed by atoms with van der Waals surface area (Å²) in [6.07, 6.45) is 5.18. The van der Waals surface area contributed by atoms with Crippen LogP contribution in [0.2, 0.25) is 0 Å². The van der Waals surface area contributed by atoms with Crippen LogP contribution in [0.4, 0.5) is 0 Å².